The van der Waals surface area contributed by atoms with Crippen molar-refractivity contribution in [1.29, 1.82) is 0 Å². The van der Waals surface area contributed by atoms with E-state index < -0.39 is 0 Å². The molecule has 0 unspecified atom stereocenters. The quantitative estimate of drug-likeness (QED) is 0.163. The third kappa shape index (κ3) is 4.49. The lowest BCUT2D eigenvalue weighted by Crippen LogP contribution is -2.60. The van der Waals surface area contributed by atoms with Crippen molar-refractivity contribution in [1.82, 2.24) is 4.57 Å². The summed E-state index contributed by atoms with van der Waals surface area (Å²) in [7, 11) is 0. The third-order valence-electron chi connectivity index (χ3n) is 12.6. The summed E-state index contributed by atoms with van der Waals surface area (Å²) in [6.45, 7) is 0.0416. The zero-order valence-electron chi connectivity index (χ0n) is 31.4. The van der Waals surface area contributed by atoms with E-state index >= 15 is 0 Å². The summed E-state index contributed by atoms with van der Waals surface area (Å²) < 4.78 is 5.19. The van der Waals surface area contributed by atoms with Crippen molar-refractivity contribution >= 4 is 93.5 Å². The molecule has 268 valence electrons. The van der Waals surface area contributed by atoms with Crippen LogP contribution in [0.15, 0.2) is 200 Å². The Morgan fingerprint density at radius 2 is 1.02 bits per heavy atom. The topological polar surface area (TPSA) is 8.17 Å². The number of para-hydroxylation sites is 3. The van der Waals surface area contributed by atoms with Crippen LogP contribution in [0.2, 0.25) is 0 Å². The van der Waals surface area contributed by atoms with Crippen LogP contribution in [-0.4, -0.2) is 11.3 Å². The van der Waals surface area contributed by atoms with E-state index in [1.54, 1.807) is 0 Å². The summed E-state index contributed by atoms with van der Waals surface area (Å²) in [5.41, 5.74) is 18.8. The Morgan fingerprint density at radius 3 is 1.83 bits per heavy atom. The molecule has 0 atom stereocenters. The SMILES string of the molecule is c1ccc(-c2cc3c4c(c2)-n2c5ccccc5c5cccc(c52)B4c2cc4sc5ccc(-c6ccccc6)cc5c4cc2N3c2ccccc2-c2ccccc2)cc1. The zero-order chi connectivity index (χ0) is 37.9. The van der Waals surface area contributed by atoms with E-state index in [1.807, 2.05) is 11.3 Å². The molecule has 2 aliphatic heterocycles. The Labute approximate surface area is 340 Å². The maximum absolute atomic E-state index is 2.60. The summed E-state index contributed by atoms with van der Waals surface area (Å²) in [6, 6.07) is 74.4. The lowest BCUT2D eigenvalue weighted by atomic mass is 9.33. The minimum Gasteiger partial charge on any atom is -0.311 e. The summed E-state index contributed by atoms with van der Waals surface area (Å²) in [5.74, 6) is 0. The van der Waals surface area contributed by atoms with E-state index in [2.05, 4.69) is 210 Å². The number of hydrogen-bond donors (Lipinski definition) is 0. The van der Waals surface area contributed by atoms with Crippen LogP contribution < -0.4 is 21.3 Å². The van der Waals surface area contributed by atoms with Gasteiger partial charge in [-0.25, -0.2) is 0 Å². The number of fused-ring (bicyclic) bond motifs is 10. The molecule has 13 rings (SSSR count). The lowest BCUT2D eigenvalue weighted by molar-refractivity contribution is 1.18. The van der Waals surface area contributed by atoms with Crippen molar-refractivity contribution in [3.8, 4) is 39.1 Å². The highest BCUT2D eigenvalue weighted by atomic mass is 32.1. The standard InChI is InChI=1S/C54H33BN2S/c1-4-15-34(16-5-1)37-27-28-51-42(29-37)43-32-48-45(33-52(43)58-51)55-44-24-14-23-41-40-22-11-13-26-47(40)57(54(41)44)50-31-38(35-17-6-2-7-18-35)30-49(53(50)55)56(48)46-25-12-10-21-39(46)36-19-8-3-9-20-36/h1-33H. The van der Waals surface area contributed by atoms with Gasteiger partial charge in [0.25, 0.3) is 6.71 Å². The highest BCUT2D eigenvalue weighted by Crippen LogP contribution is 2.48. The molecule has 0 aliphatic carbocycles. The van der Waals surface area contributed by atoms with E-state index in [0.717, 1.165) is 0 Å². The summed E-state index contributed by atoms with van der Waals surface area (Å²) in [6.07, 6.45) is 0. The molecule has 11 aromatic rings. The fourth-order valence-electron chi connectivity index (χ4n) is 10.1. The number of thiophene rings is 1. The molecular weight excluding hydrogens is 719 g/mol. The second-order valence-electron chi connectivity index (χ2n) is 15.6. The van der Waals surface area contributed by atoms with Gasteiger partial charge < -0.3 is 9.47 Å². The van der Waals surface area contributed by atoms with Gasteiger partial charge in [-0.2, -0.15) is 0 Å². The van der Waals surface area contributed by atoms with Crippen LogP contribution in [0, 0.1) is 0 Å². The average Bonchev–Trinajstić information content (AvgIpc) is 3.83. The monoisotopic (exact) mass is 752 g/mol. The Hall–Kier alpha value is -7.14. The minimum absolute atomic E-state index is 0.0416. The molecule has 58 heavy (non-hydrogen) atoms. The van der Waals surface area contributed by atoms with Crippen LogP contribution in [0.5, 0.6) is 0 Å². The average molecular weight is 753 g/mol. The largest absolute Gasteiger partial charge is 0.311 e. The zero-order valence-corrected chi connectivity index (χ0v) is 32.2. The Bertz CT molecular complexity index is 3460. The van der Waals surface area contributed by atoms with Gasteiger partial charge in [0.15, 0.2) is 0 Å². The first-order valence-corrected chi connectivity index (χ1v) is 20.9. The minimum atomic E-state index is 0.0416. The van der Waals surface area contributed by atoms with Gasteiger partial charge in [-0.1, -0.05) is 152 Å². The molecule has 0 saturated heterocycles. The van der Waals surface area contributed by atoms with E-state index in [4.69, 9.17) is 0 Å². The van der Waals surface area contributed by atoms with Crippen molar-refractivity contribution in [2.45, 2.75) is 0 Å². The van der Waals surface area contributed by atoms with Crippen molar-refractivity contribution < 1.29 is 0 Å². The van der Waals surface area contributed by atoms with Crippen molar-refractivity contribution in [2.24, 2.45) is 0 Å². The number of aromatic nitrogens is 1. The van der Waals surface area contributed by atoms with E-state index in [1.165, 1.54) is 114 Å². The van der Waals surface area contributed by atoms with Crippen LogP contribution >= 0.6 is 11.3 Å². The van der Waals surface area contributed by atoms with Crippen LogP contribution in [0.25, 0.3) is 81.0 Å². The van der Waals surface area contributed by atoms with Crippen LogP contribution in [0.4, 0.5) is 17.1 Å². The highest BCUT2D eigenvalue weighted by Gasteiger charge is 2.43. The molecule has 4 heterocycles. The Balaban J connectivity index is 1.19. The first-order chi connectivity index (χ1) is 28.8. The first kappa shape index (κ1) is 32.0. The number of nitrogens with zero attached hydrogens (tertiary/aromatic N) is 2. The van der Waals surface area contributed by atoms with Crippen molar-refractivity contribution in [3.63, 3.8) is 0 Å². The second-order valence-corrected chi connectivity index (χ2v) is 16.7. The number of rotatable bonds is 4. The Morgan fingerprint density at radius 1 is 0.362 bits per heavy atom. The van der Waals surface area contributed by atoms with E-state index in [-0.39, 0.29) is 6.71 Å². The smallest absolute Gasteiger partial charge is 0.252 e. The molecule has 9 aromatic carbocycles. The maximum Gasteiger partial charge on any atom is 0.252 e. The first-order valence-electron chi connectivity index (χ1n) is 20.0. The summed E-state index contributed by atoms with van der Waals surface area (Å²) in [5, 5.41) is 5.19. The third-order valence-corrected chi connectivity index (χ3v) is 13.7. The fraction of sp³-hybridized carbons (Fsp3) is 0. The van der Waals surface area contributed by atoms with Gasteiger partial charge in [-0.05, 0) is 92.7 Å². The lowest BCUT2D eigenvalue weighted by Gasteiger charge is -2.41. The highest BCUT2D eigenvalue weighted by molar-refractivity contribution is 7.26. The molecule has 0 spiro atoms. The number of benzene rings is 9. The van der Waals surface area contributed by atoms with Crippen LogP contribution in [0.1, 0.15) is 0 Å². The van der Waals surface area contributed by atoms with Gasteiger partial charge in [0.1, 0.15) is 0 Å². The van der Waals surface area contributed by atoms with Gasteiger partial charge in [0.05, 0.1) is 11.2 Å². The van der Waals surface area contributed by atoms with E-state index in [9.17, 15) is 0 Å². The van der Waals surface area contributed by atoms with Gasteiger partial charge in [-0.3, -0.25) is 0 Å². The molecule has 0 N–H and O–H groups in total. The predicted octanol–water partition coefficient (Wildman–Crippen LogP) is 12.8. The predicted molar refractivity (Wildman–Crippen MR) is 249 cm³/mol. The van der Waals surface area contributed by atoms with Gasteiger partial charge in [0, 0.05) is 59.1 Å². The van der Waals surface area contributed by atoms with Gasteiger partial charge in [0.2, 0.25) is 0 Å². The molecule has 0 bridgehead atoms. The number of hydrogen-bond acceptors (Lipinski definition) is 2. The van der Waals surface area contributed by atoms with Gasteiger partial charge in [-0.15, -0.1) is 11.3 Å². The van der Waals surface area contributed by atoms with Crippen molar-refractivity contribution in [3.05, 3.63) is 200 Å². The maximum atomic E-state index is 2.60. The van der Waals surface area contributed by atoms with Crippen molar-refractivity contribution in [2.75, 3.05) is 4.90 Å². The molecular formula is C54H33BN2S. The molecule has 2 nitrogen and oxygen atoms in total. The van der Waals surface area contributed by atoms with Crippen LogP contribution in [0.3, 0.4) is 0 Å². The second kappa shape index (κ2) is 12.2. The molecule has 0 fully saturated rings. The number of anilines is 3. The normalized spacial score (nSPS) is 12.8. The molecule has 0 radical (unpaired) electrons. The van der Waals surface area contributed by atoms with Gasteiger partial charge >= 0.3 is 0 Å². The molecule has 0 amide bonds. The Kier molecular flexibility index (Phi) is 6.72. The van der Waals surface area contributed by atoms with Crippen LogP contribution in [-0.2, 0) is 0 Å². The fourth-order valence-corrected chi connectivity index (χ4v) is 11.2. The summed E-state index contributed by atoms with van der Waals surface area (Å²) in [4.78, 5) is 2.60. The molecule has 0 saturated carbocycles. The molecule has 2 aliphatic rings. The molecule has 2 aromatic heterocycles. The molecule has 4 heteroatoms. The summed E-state index contributed by atoms with van der Waals surface area (Å²) >= 11 is 1.91. The van der Waals surface area contributed by atoms with E-state index in [0.29, 0.717) is 0 Å².